The minimum Gasteiger partial charge on any atom is -0.396 e. The summed E-state index contributed by atoms with van der Waals surface area (Å²) < 4.78 is 0. The Morgan fingerprint density at radius 2 is 1.78 bits per heavy atom. The fourth-order valence-corrected chi connectivity index (χ4v) is 2.39. The third-order valence-electron chi connectivity index (χ3n) is 4.12. The molecule has 18 heavy (non-hydrogen) atoms. The summed E-state index contributed by atoms with van der Waals surface area (Å²) in [6, 6.07) is 0.552. The van der Waals surface area contributed by atoms with E-state index in [2.05, 4.69) is 44.8 Å². The highest BCUT2D eigenvalue weighted by Crippen LogP contribution is 2.27. The van der Waals surface area contributed by atoms with E-state index in [0.717, 1.165) is 32.6 Å². The summed E-state index contributed by atoms with van der Waals surface area (Å²) in [6.45, 7) is 15.8. The molecule has 0 aromatic carbocycles. The van der Waals surface area contributed by atoms with Gasteiger partial charge in [0, 0.05) is 32.3 Å². The van der Waals surface area contributed by atoms with Crippen molar-refractivity contribution in [3.8, 4) is 0 Å². The molecule has 0 atom stereocenters. The molecule has 0 saturated heterocycles. The first-order chi connectivity index (χ1) is 8.55. The van der Waals surface area contributed by atoms with Gasteiger partial charge in [-0.1, -0.05) is 20.8 Å². The third-order valence-corrected chi connectivity index (χ3v) is 4.12. The van der Waals surface area contributed by atoms with Crippen LogP contribution in [0.15, 0.2) is 0 Å². The quantitative estimate of drug-likeness (QED) is 0.598. The van der Waals surface area contributed by atoms with E-state index in [9.17, 15) is 0 Å². The Bertz CT molecular complexity index is 191. The topological polar surface area (TPSA) is 35.5 Å². The van der Waals surface area contributed by atoms with Gasteiger partial charge in [-0.25, -0.2) is 0 Å². The van der Waals surface area contributed by atoms with Gasteiger partial charge in [0.15, 0.2) is 0 Å². The van der Waals surface area contributed by atoms with E-state index in [1.54, 1.807) is 0 Å². The molecule has 2 N–H and O–H groups in total. The van der Waals surface area contributed by atoms with Crippen molar-refractivity contribution in [2.45, 2.75) is 59.9 Å². The molecular weight excluding hydrogens is 224 g/mol. The maximum Gasteiger partial charge on any atom is 0.0443 e. The Morgan fingerprint density at radius 3 is 2.17 bits per heavy atom. The average Bonchev–Trinajstić information content (AvgIpc) is 2.38. The van der Waals surface area contributed by atoms with Crippen LogP contribution in [-0.2, 0) is 0 Å². The summed E-state index contributed by atoms with van der Waals surface area (Å²) in [5, 5.41) is 12.5. The number of nitrogens with one attached hydrogen (secondary N) is 1. The zero-order chi connectivity index (χ0) is 14.0. The second kappa shape index (κ2) is 9.76. The van der Waals surface area contributed by atoms with Crippen LogP contribution in [0.2, 0.25) is 0 Å². The molecule has 0 heterocycles. The lowest BCUT2D eigenvalue weighted by atomic mass is 9.81. The molecule has 0 rings (SSSR count). The number of hydrogen-bond acceptors (Lipinski definition) is 3. The molecule has 3 nitrogen and oxygen atoms in total. The second-order valence-corrected chi connectivity index (χ2v) is 5.63. The summed E-state index contributed by atoms with van der Waals surface area (Å²) in [6.07, 6.45) is 3.29. The van der Waals surface area contributed by atoms with Crippen LogP contribution in [0.3, 0.4) is 0 Å². The van der Waals surface area contributed by atoms with Crippen LogP contribution in [0, 0.1) is 5.41 Å². The van der Waals surface area contributed by atoms with Gasteiger partial charge in [0.25, 0.3) is 0 Å². The largest absolute Gasteiger partial charge is 0.396 e. The van der Waals surface area contributed by atoms with Crippen LogP contribution < -0.4 is 5.32 Å². The smallest absolute Gasteiger partial charge is 0.0443 e. The van der Waals surface area contributed by atoms with Crippen LogP contribution in [0.1, 0.15) is 53.9 Å². The van der Waals surface area contributed by atoms with Crippen molar-refractivity contribution in [2.24, 2.45) is 5.41 Å². The predicted molar refractivity (Wildman–Crippen MR) is 80.0 cm³/mol. The van der Waals surface area contributed by atoms with Crippen LogP contribution in [0.4, 0.5) is 0 Å². The molecule has 0 aliphatic carbocycles. The van der Waals surface area contributed by atoms with Crippen molar-refractivity contribution >= 4 is 0 Å². The molecule has 0 spiro atoms. The van der Waals surface area contributed by atoms with Gasteiger partial charge in [0.1, 0.15) is 0 Å². The number of aliphatic hydroxyl groups is 1. The Kier molecular flexibility index (Phi) is 9.70. The lowest BCUT2D eigenvalue weighted by Crippen LogP contribution is -2.46. The molecule has 3 heteroatoms. The van der Waals surface area contributed by atoms with Crippen molar-refractivity contribution in [3.05, 3.63) is 0 Å². The number of rotatable bonds is 11. The predicted octanol–water partition coefficient (Wildman–Crippen LogP) is 2.50. The Balaban J connectivity index is 4.57. The van der Waals surface area contributed by atoms with Crippen LogP contribution >= 0.6 is 0 Å². The Morgan fingerprint density at radius 1 is 1.17 bits per heavy atom. The number of hydrogen-bond donors (Lipinski definition) is 2. The maximum absolute atomic E-state index is 9.01. The third kappa shape index (κ3) is 6.17. The average molecular weight is 258 g/mol. The second-order valence-electron chi connectivity index (χ2n) is 5.63. The molecule has 0 fully saturated rings. The minimum absolute atomic E-state index is 0.293. The first-order valence-corrected chi connectivity index (χ1v) is 7.60. The van der Waals surface area contributed by atoms with E-state index in [1.807, 2.05) is 0 Å². The highest BCUT2D eigenvalue weighted by Gasteiger charge is 2.29. The highest BCUT2D eigenvalue weighted by atomic mass is 16.3. The fraction of sp³-hybridized carbons (Fsp3) is 1.00. The van der Waals surface area contributed by atoms with Gasteiger partial charge in [-0.05, 0) is 45.1 Å². The van der Waals surface area contributed by atoms with Crippen LogP contribution in [0.5, 0.6) is 0 Å². The molecule has 0 amide bonds. The van der Waals surface area contributed by atoms with E-state index in [0.29, 0.717) is 18.1 Å². The van der Waals surface area contributed by atoms with Crippen molar-refractivity contribution < 1.29 is 5.11 Å². The van der Waals surface area contributed by atoms with Crippen molar-refractivity contribution in [1.82, 2.24) is 10.2 Å². The van der Waals surface area contributed by atoms with Gasteiger partial charge < -0.3 is 15.3 Å². The first kappa shape index (κ1) is 17.9. The van der Waals surface area contributed by atoms with Gasteiger partial charge in [0.2, 0.25) is 0 Å². The van der Waals surface area contributed by atoms with Crippen molar-refractivity contribution in [3.63, 3.8) is 0 Å². The number of nitrogens with zero attached hydrogens (tertiary/aromatic N) is 1. The fourth-order valence-electron chi connectivity index (χ4n) is 2.39. The summed E-state index contributed by atoms with van der Waals surface area (Å²) in [5.74, 6) is 0. The molecule has 0 aromatic heterocycles. The molecule has 0 radical (unpaired) electrons. The molecule has 110 valence electrons. The minimum atomic E-state index is 0.293. The molecule has 0 aliphatic rings. The van der Waals surface area contributed by atoms with E-state index >= 15 is 0 Å². The SMILES string of the molecule is CCNCC(CC)(CC)CN(CCCO)C(C)C. The summed E-state index contributed by atoms with van der Waals surface area (Å²) in [4.78, 5) is 2.51. The summed E-state index contributed by atoms with van der Waals surface area (Å²) in [5.41, 5.74) is 0.371. The van der Waals surface area contributed by atoms with Gasteiger partial charge in [-0.15, -0.1) is 0 Å². The van der Waals surface area contributed by atoms with Gasteiger partial charge in [-0.3, -0.25) is 0 Å². The number of aliphatic hydroxyl groups excluding tert-OH is 1. The monoisotopic (exact) mass is 258 g/mol. The van der Waals surface area contributed by atoms with Crippen LogP contribution in [0.25, 0.3) is 0 Å². The highest BCUT2D eigenvalue weighted by molar-refractivity contribution is 4.84. The molecule has 0 unspecified atom stereocenters. The zero-order valence-corrected chi connectivity index (χ0v) is 13.1. The maximum atomic E-state index is 9.01. The summed E-state index contributed by atoms with van der Waals surface area (Å²) in [7, 11) is 0. The Labute approximate surface area is 114 Å². The van der Waals surface area contributed by atoms with Gasteiger partial charge >= 0.3 is 0 Å². The standard InChI is InChI=1S/C15H34N2O/c1-6-15(7-2,12-16-8-3)13-17(14(4)5)10-9-11-18/h14,16,18H,6-13H2,1-5H3. The molecule has 0 saturated carbocycles. The zero-order valence-electron chi connectivity index (χ0n) is 13.1. The molecule has 0 bridgehead atoms. The van der Waals surface area contributed by atoms with E-state index < -0.39 is 0 Å². The van der Waals surface area contributed by atoms with Gasteiger partial charge in [0.05, 0.1) is 0 Å². The van der Waals surface area contributed by atoms with E-state index in [4.69, 9.17) is 5.11 Å². The first-order valence-electron chi connectivity index (χ1n) is 7.60. The lowest BCUT2D eigenvalue weighted by molar-refractivity contribution is 0.103. The molecular formula is C15H34N2O. The van der Waals surface area contributed by atoms with Crippen molar-refractivity contribution in [1.29, 1.82) is 0 Å². The van der Waals surface area contributed by atoms with Crippen molar-refractivity contribution in [2.75, 3.05) is 32.8 Å². The van der Waals surface area contributed by atoms with E-state index in [1.165, 1.54) is 12.8 Å². The van der Waals surface area contributed by atoms with E-state index in [-0.39, 0.29) is 0 Å². The van der Waals surface area contributed by atoms with Gasteiger partial charge in [-0.2, -0.15) is 0 Å². The lowest BCUT2D eigenvalue weighted by Gasteiger charge is -2.39. The molecule has 0 aliphatic heterocycles. The van der Waals surface area contributed by atoms with Crippen LogP contribution in [-0.4, -0.2) is 48.8 Å². The Hall–Kier alpha value is -0.120. The normalized spacial score (nSPS) is 12.7. The summed E-state index contributed by atoms with van der Waals surface area (Å²) >= 11 is 0. The molecule has 0 aromatic rings.